The number of nitrogens with one attached hydrogen (secondary N) is 1. The third-order valence-electron chi connectivity index (χ3n) is 3.26. The summed E-state index contributed by atoms with van der Waals surface area (Å²) in [7, 11) is 0. The molecule has 1 aromatic carbocycles. The second-order valence-corrected chi connectivity index (χ2v) is 4.66. The average molecular weight is 240 g/mol. The van der Waals surface area contributed by atoms with Crippen molar-refractivity contribution in [2.75, 3.05) is 6.54 Å². The summed E-state index contributed by atoms with van der Waals surface area (Å²) in [6, 6.07) is 10.6. The monoisotopic (exact) mass is 240 g/mol. The summed E-state index contributed by atoms with van der Waals surface area (Å²) in [5.41, 5.74) is 5.43. The van der Waals surface area contributed by atoms with Crippen LogP contribution in [0.1, 0.15) is 22.3 Å². The van der Waals surface area contributed by atoms with E-state index in [1.54, 1.807) is 0 Å². The first kappa shape index (κ1) is 12.8. The average Bonchev–Trinajstić information content (AvgIpc) is 2.38. The van der Waals surface area contributed by atoms with Crippen LogP contribution in [0, 0.1) is 13.8 Å². The predicted octanol–water partition coefficient (Wildman–Crippen LogP) is 3.03. The van der Waals surface area contributed by atoms with Crippen LogP contribution in [0.15, 0.2) is 42.7 Å². The normalized spacial score (nSPS) is 10.6. The van der Waals surface area contributed by atoms with Gasteiger partial charge in [0.2, 0.25) is 0 Å². The van der Waals surface area contributed by atoms with E-state index >= 15 is 0 Å². The lowest BCUT2D eigenvalue weighted by molar-refractivity contribution is 0.681. The highest BCUT2D eigenvalue weighted by Crippen LogP contribution is 2.12. The van der Waals surface area contributed by atoms with Crippen LogP contribution in [0.4, 0.5) is 0 Å². The van der Waals surface area contributed by atoms with Gasteiger partial charge in [0.15, 0.2) is 0 Å². The minimum atomic E-state index is 0.943. The standard InChI is InChI=1S/C16H20N2/c1-13-5-3-6-14(2)16(13)12-18-10-8-15-7-4-9-17-11-15/h3-7,9,11,18H,8,10,12H2,1-2H3. The van der Waals surface area contributed by atoms with Gasteiger partial charge in [-0.1, -0.05) is 24.3 Å². The molecule has 0 aliphatic rings. The first-order valence-electron chi connectivity index (χ1n) is 6.42. The fraction of sp³-hybridized carbons (Fsp3) is 0.312. The summed E-state index contributed by atoms with van der Waals surface area (Å²) < 4.78 is 0. The smallest absolute Gasteiger partial charge is 0.0300 e. The second kappa shape index (κ2) is 6.31. The van der Waals surface area contributed by atoms with E-state index in [2.05, 4.69) is 48.4 Å². The number of benzene rings is 1. The molecule has 0 amide bonds. The fourth-order valence-electron chi connectivity index (χ4n) is 2.12. The molecule has 2 aromatic rings. The Hall–Kier alpha value is -1.67. The highest BCUT2D eigenvalue weighted by atomic mass is 14.8. The van der Waals surface area contributed by atoms with Gasteiger partial charge < -0.3 is 5.32 Å². The van der Waals surface area contributed by atoms with Crippen LogP contribution >= 0.6 is 0 Å². The van der Waals surface area contributed by atoms with E-state index in [0.717, 1.165) is 19.5 Å². The highest BCUT2D eigenvalue weighted by Gasteiger charge is 2.01. The van der Waals surface area contributed by atoms with Crippen LogP contribution < -0.4 is 5.32 Å². The molecule has 0 aliphatic heterocycles. The number of pyridine rings is 1. The van der Waals surface area contributed by atoms with Crippen molar-refractivity contribution >= 4 is 0 Å². The Bertz CT molecular complexity index is 471. The van der Waals surface area contributed by atoms with Crippen LogP contribution in [0.2, 0.25) is 0 Å². The second-order valence-electron chi connectivity index (χ2n) is 4.66. The summed E-state index contributed by atoms with van der Waals surface area (Å²) in [5.74, 6) is 0. The van der Waals surface area contributed by atoms with Gasteiger partial charge >= 0.3 is 0 Å². The Morgan fingerprint density at radius 2 is 1.83 bits per heavy atom. The van der Waals surface area contributed by atoms with E-state index in [-0.39, 0.29) is 0 Å². The van der Waals surface area contributed by atoms with E-state index in [1.165, 1.54) is 22.3 Å². The van der Waals surface area contributed by atoms with Gasteiger partial charge in [-0.05, 0) is 55.1 Å². The minimum Gasteiger partial charge on any atom is -0.312 e. The van der Waals surface area contributed by atoms with Crippen molar-refractivity contribution in [2.24, 2.45) is 0 Å². The molecular formula is C16H20N2. The van der Waals surface area contributed by atoms with E-state index in [1.807, 2.05) is 18.5 Å². The molecule has 0 saturated heterocycles. The van der Waals surface area contributed by atoms with Crippen molar-refractivity contribution in [1.29, 1.82) is 0 Å². The molecule has 0 radical (unpaired) electrons. The van der Waals surface area contributed by atoms with Crippen LogP contribution in [0.5, 0.6) is 0 Å². The van der Waals surface area contributed by atoms with Gasteiger partial charge in [0.25, 0.3) is 0 Å². The van der Waals surface area contributed by atoms with Gasteiger partial charge in [0, 0.05) is 18.9 Å². The Kier molecular flexibility index (Phi) is 4.48. The van der Waals surface area contributed by atoms with Gasteiger partial charge in [0.1, 0.15) is 0 Å². The van der Waals surface area contributed by atoms with Crippen LogP contribution in [-0.4, -0.2) is 11.5 Å². The fourth-order valence-corrected chi connectivity index (χ4v) is 2.12. The predicted molar refractivity (Wildman–Crippen MR) is 75.6 cm³/mol. The van der Waals surface area contributed by atoms with E-state index in [4.69, 9.17) is 0 Å². The Morgan fingerprint density at radius 1 is 1.06 bits per heavy atom. The third-order valence-corrected chi connectivity index (χ3v) is 3.26. The summed E-state index contributed by atoms with van der Waals surface area (Å²) in [5, 5.41) is 3.50. The van der Waals surface area contributed by atoms with Crippen LogP contribution in [0.25, 0.3) is 0 Å². The molecule has 0 saturated carbocycles. The first-order chi connectivity index (χ1) is 8.77. The molecule has 0 fully saturated rings. The van der Waals surface area contributed by atoms with Crippen molar-refractivity contribution in [3.05, 3.63) is 65.0 Å². The third kappa shape index (κ3) is 3.41. The molecule has 2 rings (SSSR count). The maximum atomic E-state index is 4.12. The molecule has 1 N–H and O–H groups in total. The maximum absolute atomic E-state index is 4.12. The van der Waals surface area contributed by atoms with E-state index in [9.17, 15) is 0 Å². The lowest BCUT2D eigenvalue weighted by Crippen LogP contribution is -2.18. The number of rotatable bonds is 5. The number of aromatic nitrogens is 1. The Balaban J connectivity index is 1.82. The van der Waals surface area contributed by atoms with Crippen molar-refractivity contribution < 1.29 is 0 Å². The maximum Gasteiger partial charge on any atom is 0.0300 e. The molecule has 1 heterocycles. The number of aryl methyl sites for hydroxylation is 2. The van der Waals surface area contributed by atoms with E-state index in [0.29, 0.717) is 0 Å². The number of hydrogen-bond acceptors (Lipinski definition) is 2. The van der Waals surface area contributed by atoms with Gasteiger partial charge in [-0.15, -0.1) is 0 Å². The molecular weight excluding hydrogens is 220 g/mol. The van der Waals surface area contributed by atoms with Gasteiger partial charge in [-0.2, -0.15) is 0 Å². The van der Waals surface area contributed by atoms with Crippen molar-refractivity contribution in [2.45, 2.75) is 26.8 Å². The molecule has 2 nitrogen and oxygen atoms in total. The summed E-state index contributed by atoms with van der Waals surface area (Å²) in [4.78, 5) is 4.12. The van der Waals surface area contributed by atoms with Crippen molar-refractivity contribution in [1.82, 2.24) is 10.3 Å². The van der Waals surface area contributed by atoms with E-state index < -0.39 is 0 Å². The van der Waals surface area contributed by atoms with Crippen molar-refractivity contribution in [3.63, 3.8) is 0 Å². The van der Waals surface area contributed by atoms with Gasteiger partial charge in [-0.25, -0.2) is 0 Å². The lowest BCUT2D eigenvalue weighted by Gasteiger charge is -2.10. The molecule has 1 aromatic heterocycles. The molecule has 2 heteroatoms. The molecule has 94 valence electrons. The molecule has 0 unspecified atom stereocenters. The molecule has 18 heavy (non-hydrogen) atoms. The summed E-state index contributed by atoms with van der Waals surface area (Å²) in [6.07, 6.45) is 4.77. The van der Waals surface area contributed by atoms with Gasteiger partial charge in [-0.3, -0.25) is 4.98 Å². The molecule has 0 bridgehead atoms. The molecule has 0 aliphatic carbocycles. The zero-order valence-corrected chi connectivity index (χ0v) is 11.1. The first-order valence-corrected chi connectivity index (χ1v) is 6.42. The number of nitrogens with zero attached hydrogens (tertiary/aromatic N) is 1. The van der Waals surface area contributed by atoms with Crippen LogP contribution in [0.3, 0.4) is 0 Å². The topological polar surface area (TPSA) is 24.9 Å². The molecule has 0 atom stereocenters. The SMILES string of the molecule is Cc1cccc(C)c1CNCCc1cccnc1. The summed E-state index contributed by atoms with van der Waals surface area (Å²) >= 11 is 0. The number of hydrogen-bond donors (Lipinski definition) is 1. The molecule has 0 spiro atoms. The lowest BCUT2D eigenvalue weighted by atomic mass is 10.0. The zero-order chi connectivity index (χ0) is 12.8. The van der Waals surface area contributed by atoms with Crippen LogP contribution in [-0.2, 0) is 13.0 Å². The highest BCUT2D eigenvalue weighted by molar-refractivity contribution is 5.33. The quantitative estimate of drug-likeness (QED) is 0.813. The Morgan fingerprint density at radius 3 is 2.50 bits per heavy atom. The zero-order valence-electron chi connectivity index (χ0n) is 11.1. The largest absolute Gasteiger partial charge is 0.312 e. The van der Waals surface area contributed by atoms with Gasteiger partial charge in [0.05, 0.1) is 0 Å². The minimum absolute atomic E-state index is 0.943. The Labute approximate surface area is 109 Å². The van der Waals surface area contributed by atoms with Crippen molar-refractivity contribution in [3.8, 4) is 0 Å². The summed E-state index contributed by atoms with van der Waals surface area (Å²) in [6.45, 7) is 6.27.